The zero-order chi connectivity index (χ0) is 19.2. The molecule has 2 aromatic carbocycles. The molecule has 27 heavy (non-hydrogen) atoms. The quantitative estimate of drug-likeness (QED) is 0.826. The van der Waals surface area contributed by atoms with Crippen LogP contribution >= 0.6 is 0 Å². The molecule has 2 aromatic rings. The van der Waals surface area contributed by atoms with E-state index in [2.05, 4.69) is 35.3 Å². The lowest BCUT2D eigenvalue weighted by molar-refractivity contribution is 0.0948. The number of likely N-dealkylation sites (tertiary alicyclic amines) is 1. The number of hydrogen-bond acceptors (Lipinski definition) is 3. The number of hydrogen-bond donors (Lipinski definition) is 2. The number of carbonyl (C=O) groups excluding carboxylic acids is 2. The Labute approximate surface area is 160 Å². The maximum absolute atomic E-state index is 12.4. The second-order valence-electron chi connectivity index (χ2n) is 7.38. The van der Waals surface area contributed by atoms with Crippen molar-refractivity contribution in [2.75, 3.05) is 13.1 Å². The van der Waals surface area contributed by atoms with E-state index in [4.69, 9.17) is 5.73 Å². The molecule has 0 spiro atoms. The average Bonchev–Trinajstić information content (AvgIpc) is 2.67. The monoisotopic (exact) mass is 365 g/mol. The van der Waals surface area contributed by atoms with Crippen molar-refractivity contribution in [1.82, 2.24) is 10.2 Å². The van der Waals surface area contributed by atoms with Crippen LogP contribution in [0.1, 0.15) is 51.6 Å². The minimum absolute atomic E-state index is 0.160. The third kappa shape index (κ3) is 5.17. The van der Waals surface area contributed by atoms with Crippen LogP contribution in [0, 0.1) is 5.92 Å². The fourth-order valence-electron chi connectivity index (χ4n) is 3.62. The molecule has 3 rings (SSSR count). The van der Waals surface area contributed by atoms with Crippen LogP contribution < -0.4 is 11.1 Å². The Bertz CT molecular complexity index is 801. The second-order valence-corrected chi connectivity index (χ2v) is 7.38. The SMILES string of the molecule is CC1CCCN(Cc2ccccc2CNC(=O)c2ccc(C(N)=O)cc2)C1. The lowest BCUT2D eigenvalue weighted by atomic mass is 9.99. The molecule has 5 nitrogen and oxygen atoms in total. The van der Waals surface area contributed by atoms with Gasteiger partial charge in [0.1, 0.15) is 0 Å². The number of piperidine rings is 1. The first kappa shape index (κ1) is 19.1. The number of carbonyl (C=O) groups is 2. The van der Waals surface area contributed by atoms with Crippen LogP contribution in [0.3, 0.4) is 0 Å². The molecule has 1 heterocycles. The minimum atomic E-state index is -0.497. The molecule has 1 unspecified atom stereocenters. The van der Waals surface area contributed by atoms with Crippen LogP contribution in [-0.2, 0) is 13.1 Å². The highest BCUT2D eigenvalue weighted by Crippen LogP contribution is 2.19. The number of nitrogens with two attached hydrogens (primary N) is 1. The zero-order valence-electron chi connectivity index (χ0n) is 15.8. The molecule has 3 N–H and O–H groups in total. The molecule has 2 amide bonds. The van der Waals surface area contributed by atoms with E-state index in [0.29, 0.717) is 17.7 Å². The molecular weight excluding hydrogens is 338 g/mol. The Balaban J connectivity index is 1.62. The van der Waals surface area contributed by atoms with E-state index in [-0.39, 0.29) is 5.91 Å². The zero-order valence-corrected chi connectivity index (χ0v) is 15.8. The van der Waals surface area contributed by atoms with E-state index in [9.17, 15) is 9.59 Å². The van der Waals surface area contributed by atoms with Gasteiger partial charge in [-0.15, -0.1) is 0 Å². The topological polar surface area (TPSA) is 75.4 Å². The molecule has 0 aromatic heterocycles. The summed E-state index contributed by atoms with van der Waals surface area (Å²) < 4.78 is 0. The standard InChI is InChI=1S/C22H27N3O2/c1-16-5-4-12-25(14-16)15-20-7-3-2-6-19(20)13-24-22(27)18-10-8-17(9-11-18)21(23)26/h2-3,6-11,16H,4-5,12-15H2,1H3,(H2,23,26)(H,24,27). The maximum Gasteiger partial charge on any atom is 0.251 e. The van der Waals surface area contributed by atoms with Crippen LogP contribution in [0.25, 0.3) is 0 Å². The number of amides is 2. The van der Waals surface area contributed by atoms with Crippen molar-refractivity contribution >= 4 is 11.8 Å². The first-order valence-electron chi connectivity index (χ1n) is 9.50. The fourth-order valence-corrected chi connectivity index (χ4v) is 3.62. The summed E-state index contributed by atoms with van der Waals surface area (Å²) in [4.78, 5) is 26.0. The van der Waals surface area contributed by atoms with Gasteiger partial charge in [0.2, 0.25) is 5.91 Å². The van der Waals surface area contributed by atoms with Gasteiger partial charge in [-0.2, -0.15) is 0 Å². The normalized spacial score (nSPS) is 17.4. The molecule has 1 aliphatic rings. The lowest BCUT2D eigenvalue weighted by Gasteiger charge is -2.31. The van der Waals surface area contributed by atoms with Gasteiger partial charge in [0.05, 0.1) is 0 Å². The summed E-state index contributed by atoms with van der Waals surface area (Å²) in [5, 5.41) is 2.98. The van der Waals surface area contributed by atoms with Gasteiger partial charge >= 0.3 is 0 Å². The van der Waals surface area contributed by atoms with Gasteiger partial charge in [-0.1, -0.05) is 31.2 Å². The second kappa shape index (κ2) is 8.82. The van der Waals surface area contributed by atoms with Gasteiger partial charge in [-0.3, -0.25) is 14.5 Å². The van der Waals surface area contributed by atoms with Crippen LogP contribution in [-0.4, -0.2) is 29.8 Å². The molecule has 1 atom stereocenters. The highest BCUT2D eigenvalue weighted by atomic mass is 16.2. The van der Waals surface area contributed by atoms with Crippen molar-refractivity contribution in [3.8, 4) is 0 Å². The Morgan fingerprint density at radius 3 is 2.41 bits per heavy atom. The predicted molar refractivity (Wildman–Crippen MR) is 106 cm³/mol. The Morgan fingerprint density at radius 1 is 1.07 bits per heavy atom. The van der Waals surface area contributed by atoms with Crippen molar-refractivity contribution in [3.63, 3.8) is 0 Å². The minimum Gasteiger partial charge on any atom is -0.366 e. The molecule has 0 radical (unpaired) electrons. The van der Waals surface area contributed by atoms with Gasteiger partial charge in [0.15, 0.2) is 0 Å². The summed E-state index contributed by atoms with van der Waals surface area (Å²) in [6.45, 7) is 5.98. The van der Waals surface area contributed by atoms with Crippen LogP contribution in [0.5, 0.6) is 0 Å². The average molecular weight is 365 g/mol. The van der Waals surface area contributed by atoms with Crippen molar-refractivity contribution in [1.29, 1.82) is 0 Å². The van der Waals surface area contributed by atoms with E-state index in [1.165, 1.54) is 18.4 Å². The molecule has 5 heteroatoms. The molecule has 0 bridgehead atoms. The molecule has 142 valence electrons. The summed E-state index contributed by atoms with van der Waals surface area (Å²) in [5.41, 5.74) is 8.54. The van der Waals surface area contributed by atoms with E-state index in [1.807, 2.05) is 6.07 Å². The van der Waals surface area contributed by atoms with Crippen molar-refractivity contribution in [2.24, 2.45) is 11.7 Å². The summed E-state index contributed by atoms with van der Waals surface area (Å²) in [6.07, 6.45) is 2.56. The van der Waals surface area contributed by atoms with Crippen LogP contribution in [0.4, 0.5) is 0 Å². The number of rotatable bonds is 6. The number of nitrogens with one attached hydrogen (secondary N) is 1. The first-order chi connectivity index (χ1) is 13.0. The maximum atomic E-state index is 12.4. The van der Waals surface area contributed by atoms with E-state index >= 15 is 0 Å². The largest absolute Gasteiger partial charge is 0.366 e. The summed E-state index contributed by atoms with van der Waals surface area (Å²) in [7, 11) is 0. The summed E-state index contributed by atoms with van der Waals surface area (Å²) in [6, 6.07) is 14.7. The smallest absolute Gasteiger partial charge is 0.251 e. The predicted octanol–water partition coefficient (Wildman–Crippen LogP) is 2.95. The van der Waals surface area contributed by atoms with Gasteiger partial charge in [0, 0.05) is 30.8 Å². The Morgan fingerprint density at radius 2 is 1.74 bits per heavy atom. The molecule has 0 saturated carbocycles. The molecule has 1 saturated heterocycles. The Hall–Kier alpha value is -2.66. The van der Waals surface area contributed by atoms with E-state index < -0.39 is 5.91 Å². The van der Waals surface area contributed by atoms with Crippen molar-refractivity contribution in [3.05, 3.63) is 70.8 Å². The fraction of sp³-hybridized carbons (Fsp3) is 0.364. The van der Waals surface area contributed by atoms with Gasteiger partial charge in [0.25, 0.3) is 5.91 Å². The number of nitrogens with zero attached hydrogens (tertiary/aromatic N) is 1. The van der Waals surface area contributed by atoms with Gasteiger partial charge < -0.3 is 11.1 Å². The van der Waals surface area contributed by atoms with Gasteiger partial charge in [-0.25, -0.2) is 0 Å². The lowest BCUT2D eigenvalue weighted by Crippen LogP contribution is -2.34. The molecule has 1 fully saturated rings. The van der Waals surface area contributed by atoms with Gasteiger partial charge in [-0.05, 0) is 60.7 Å². The molecule has 0 aliphatic carbocycles. The van der Waals surface area contributed by atoms with E-state index in [1.54, 1.807) is 24.3 Å². The van der Waals surface area contributed by atoms with Crippen LogP contribution in [0.15, 0.2) is 48.5 Å². The van der Waals surface area contributed by atoms with Crippen molar-refractivity contribution in [2.45, 2.75) is 32.9 Å². The number of primary amides is 1. The molecule has 1 aliphatic heterocycles. The summed E-state index contributed by atoms with van der Waals surface area (Å²) in [5.74, 6) is 0.0873. The van der Waals surface area contributed by atoms with E-state index in [0.717, 1.165) is 31.1 Å². The Kier molecular flexibility index (Phi) is 6.24. The third-order valence-corrected chi connectivity index (χ3v) is 5.12. The highest BCUT2D eigenvalue weighted by Gasteiger charge is 2.17. The third-order valence-electron chi connectivity index (χ3n) is 5.12. The first-order valence-corrected chi connectivity index (χ1v) is 9.50. The summed E-state index contributed by atoms with van der Waals surface area (Å²) >= 11 is 0. The van der Waals surface area contributed by atoms with Crippen molar-refractivity contribution < 1.29 is 9.59 Å². The highest BCUT2D eigenvalue weighted by molar-refractivity contribution is 5.97. The molecular formula is C22H27N3O2. The van der Waals surface area contributed by atoms with Crippen LogP contribution in [0.2, 0.25) is 0 Å². The number of benzene rings is 2.